The Balaban J connectivity index is 2.10. The van der Waals surface area contributed by atoms with Gasteiger partial charge in [-0.05, 0) is 61.4 Å². The lowest BCUT2D eigenvalue weighted by Crippen LogP contribution is -2.48. The van der Waals surface area contributed by atoms with Gasteiger partial charge >= 0.3 is 0 Å². The van der Waals surface area contributed by atoms with Crippen LogP contribution < -0.4 is 21.5 Å². The summed E-state index contributed by atoms with van der Waals surface area (Å²) in [4.78, 5) is 41.1. The number of nitrogens with one attached hydrogen (secondary N) is 1. The van der Waals surface area contributed by atoms with Crippen LogP contribution in [0.4, 0.5) is 5.69 Å². The lowest BCUT2D eigenvalue weighted by Gasteiger charge is -2.33. The fourth-order valence-corrected chi connectivity index (χ4v) is 4.87. The smallest absolute Gasteiger partial charge is 0.270 e. The topological polar surface area (TPSA) is 141 Å². The molecule has 0 saturated carbocycles. The average Bonchev–Trinajstić information content (AvgIpc) is 3.42. The number of thiophene rings is 1. The van der Waals surface area contributed by atoms with Gasteiger partial charge in [-0.3, -0.25) is 14.4 Å². The normalized spacial score (nSPS) is 12.1. The summed E-state index contributed by atoms with van der Waals surface area (Å²) in [6, 6.07) is 9.87. The van der Waals surface area contributed by atoms with E-state index in [-0.39, 0.29) is 28.7 Å². The molecule has 0 bridgehead atoms. The van der Waals surface area contributed by atoms with E-state index >= 15 is 0 Å². The van der Waals surface area contributed by atoms with Crippen LogP contribution in [0.5, 0.6) is 5.75 Å². The zero-order valence-corrected chi connectivity index (χ0v) is 21.0. The monoisotopic (exact) mass is 501 g/mol. The van der Waals surface area contributed by atoms with Gasteiger partial charge in [0, 0.05) is 17.0 Å². The Morgan fingerprint density at radius 2 is 1.85 bits per heavy atom. The molecule has 0 aliphatic heterocycles. The summed E-state index contributed by atoms with van der Waals surface area (Å²) in [6.45, 7) is 5.71. The van der Waals surface area contributed by atoms with Crippen molar-refractivity contribution in [3.05, 3.63) is 62.8 Å². The second kappa shape index (κ2) is 10.2. The molecule has 2 aromatic heterocycles. The fourth-order valence-electron chi connectivity index (χ4n) is 3.28. The molecule has 5 N–H and O–H groups in total. The van der Waals surface area contributed by atoms with Gasteiger partial charge in [0.1, 0.15) is 16.7 Å². The van der Waals surface area contributed by atoms with Crippen molar-refractivity contribution in [2.45, 2.75) is 38.9 Å². The van der Waals surface area contributed by atoms with Crippen LogP contribution in [0.1, 0.15) is 57.4 Å². The number of primary amides is 1. The highest BCUT2D eigenvalue weighted by molar-refractivity contribution is 7.10. The molecule has 34 heavy (non-hydrogen) atoms. The molecule has 0 fully saturated rings. The Labute approximate surface area is 205 Å². The zero-order chi connectivity index (χ0) is 25.0. The van der Waals surface area contributed by atoms with Crippen molar-refractivity contribution >= 4 is 46.3 Å². The van der Waals surface area contributed by atoms with Crippen LogP contribution in [0.15, 0.2) is 41.8 Å². The number of nitrogens with two attached hydrogens (primary N) is 2. The number of nitrogens with zero attached hydrogens (tertiary/aromatic N) is 2. The summed E-state index contributed by atoms with van der Waals surface area (Å²) >= 11 is 2.15. The van der Waals surface area contributed by atoms with E-state index in [4.69, 9.17) is 16.2 Å². The number of rotatable bonds is 8. The molecule has 11 heteroatoms. The van der Waals surface area contributed by atoms with Gasteiger partial charge in [0.15, 0.2) is 5.69 Å². The number of carbonyl (C=O) groups excluding carboxylic acids is 3. The molecular weight excluding hydrogens is 474 g/mol. The van der Waals surface area contributed by atoms with Crippen LogP contribution >= 0.6 is 22.9 Å². The molecule has 0 aliphatic rings. The van der Waals surface area contributed by atoms with Crippen LogP contribution in [0.2, 0.25) is 0 Å². The number of anilines is 1. The van der Waals surface area contributed by atoms with Crippen molar-refractivity contribution in [2.75, 3.05) is 12.8 Å². The Morgan fingerprint density at radius 3 is 2.35 bits per heavy atom. The SMILES string of the molecule is COc1ccc(CN(C(=O)c2snc(C(N)=O)c2N)[C@@H](C(=O)NC(C)(C)C)c2cccs2)cc1. The van der Waals surface area contributed by atoms with Crippen LogP contribution in [0.25, 0.3) is 0 Å². The molecule has 0 spiro atoms. The lowest BCUT2D eigenvalue weighted by atomic mass is 10.1. The van der Waals surface area contributed by atoms with Crippen molar-refractivity contribution in [3.8, 4) is 5.75 Å². The minimum absolute atomic E-state index is 0.0485. The quantitative estimate of drug-likeness (QED) is 0.433. The summed E-state index contributed by atoms with van der Waals surface area (Å²) in [7, 11) is 1.57. The minimum Gasteiger partial charge on any atom is -0.497 e. The third-order valence-corrected chi connectivity index (χ3v) is 6.58. The van der Waals surface area contributed by atoms with Crippen molar-refractivity contribution < 1.29 is 19.1 Å². The van der Waals surface area contributed by atoms with Gasteiger partial charge in [-0.25, -0.2) is 0 Å². The van der Waals surface area contributed by atoms with Crippen molar-refractivity contribution in [1.82, 2.24) is 14.6 Å². The second-order valence-electron chi connectivity index (χ2n) is 8.58. The zero-order valence-electron chi connectivity index (χ0n) is 19.3. The Hall–Kier alpha value is -3.44. The Kier molecular flexibility index (Phi) is 7.57. The summed E-state index contributed by atoms with van der Waals surface area (Å²) in [6.07, 6.45) is 0. The number of carbonyl (C=O) groups is 3. The van der Waals surface area contributed by atoms with Gasteiger partial charge in [-0.1, -0.05) is 18.2 Å². The summed E-state index contributed by atoms with van der Waals surface area (Å²) < 4.78 is 9.18. The molecule has 3 aromatic rings. The third-order valence-electron chi connectivity index (χ3n) is 4.80. The summed E-state index contributed by atoms with van der Waals surface area (Å²) in [5.74, 6) is -1.02. The highest BCUT2D eigenvalue weighted by Crippen LogP contribution is 2.32. The van der Waals surface area contributed by atoms with E-state index in [0.29, 0.717) is 10.6 Å². The number of hydrogen-bond acceptors (Lipinski definition) is 8. The number of amides is 3. The maximum atomic E-state index is 13.8. The molecule has 0 saturated heterocycles. The standard InChI is InChI=1S/C23H27N5O4S2/c1-23(2,3)26-21(30)18(15-6-5-11-33-15)28(12-13-7-9-14(32-4)10-8-13)22(31)19-16(24)17(20(25)29)27-34-19/h5-11,18H,12,24H2,1-4H3,(H2,25,29)(H,26,30)/t18-/m1/s1. The number of methoxy groups -OCH3 is 1. The first-order chi connectivity index (χ1) is 16.0. The Morgan fingerprint density at radius 1 is 1.18 bits per heavy atom. The van der Waals surface area contributed by atoms with E-state index < -0.39 is 23.4 Å². The van der Waals surface area contributed by atoms with E-state index in [0.717, 1.165) is 17.1 Å². The van der Waals surface area contributed by atoms with Gasteiger partial charge < -0.3 is 26.4 Å². The molecule has 3 amide bonds. The molecule has 0 unspecified atom stereocenters. The number of aromatic nitrogens is 1. The first-order valence-corrected chi connectivity index (χ1v) is 12.0. The average molecular weight is 502 g/mol. The van der Waals surface area contributed by atoms with Gasteiger partial charge in [0.25, 0.3) is 11.8 Å². The van der Waals surface area contributed by atoms with Gasteiger partial charge in [0.05, 0.1) is 12.8 Å². The molecule has 1 atom stereocenters. The minimum atomic E-state index is -0.938. The maximum absolute atomic E-state index is 13.8. The van der Waals surface area contributed by atoms with Crippen LogP contribution in [-0.2, 0) is 11.3 Å². The van der Waals surface area contributed by atoms with E-state index in [1.54, 1.807) is 25.3 Å². The third kappa shape index (κ3) is 5.72. The van der Waals surface area contributed by atoms with Crippen LogP contribution in [-0.4, -0.2) is 39.6 Å². The molecule has 3 rings (SSSR count). The molecule has 180 valence electrons. The molecule has 1 aromatic carbocycles. The number of nitrogen functional groups attached to an aromatic ring is 1. The van der Waals surface area contributed by atoms with Crippen molar-refractivity contribution in [3.63, 3.8) is 0 Å². The number of hydrogen-bond donors (Lipinski definition) is 3. The summed E-state index contributed by atoms with van der Waals surface area (Å²) in [5, 5.41) is 4.81. The van der Waals surface area contributed by atoms with Crippen LogP contribution in [0, 0.1) is 0 Å². The molecular formula is C23H27N5O4S2. The highest BCUT2D eigenvalue weighted by atomic mass is 32.1. The molecule has 2 heterocycles. The van der Waals surface area contributed by atoms with Crippen molar-refractivity contribution in [1.29, 1.82) is 0 Å². The van der Waals surface area contributed by atoms with Gasteiger partial charge in [-0.2, -0.15) is 4.37 Å². The largest absolute Gasteiger partial charge is 0.497 e. The predicted octanol–water partition coefficient (Wildman–Crippen LogP) is 3.19. The lowest BCUT2D eigenvalue weighted by molar-refractivity contribution is -0.127. The van der Waals surface area contributed by atoms with Gasteiger partial charge in [0.2, 0.25) is 5.91 Å². The summed E-state index contributed by atoms with van der Waals surface area (Å²) in [5.41, 5.74) is 11.4. The van der Waals surface area contributed by atoms with E-state index in [1.807, 2.05) is 44.4 Å². The fraction of sp³-hybridized carbons (Fsp3) is 0.304. The number of ether oxygens (including phenoxy) is 1. The number of benzene rings is 1. The van der Waals surface area contributed by atoms with E-state index in [1.165, 1.54) is 16.2 Å². The maximum Gasteiger partial charge on any atom is 0.270 e. The first kappa shape index (κ1) is 25.2. The molecule has 0 radical (unpaired) electrons. The van der Waals surface area contributed by atoms with E-state index in [2.05, 4.69) is 9.69 Å². The highest BCUT2D eigenvalue weighted by Gasteiger charge is 2.36. The van der Waals surface area contributed by atoms with E-state index in [9.17, 15) is 14.4 Å². The molecule has 0 aliphatic carbocycles. The van der Waals surface area contributed by atoms with Gasteiger partial charge in [-0.15, -0.1) is 11.3 Å². The molecule has 9 nitrogen and oxygen atoms in total. The Bertz CT molecular complexity index is 1170. The predicted molar refractivity (Wildman–Crippen MR) is 133 cm³/mol. The van der Waals surface area contributed by atoms with Crippen molar-refractivity contribution in [2.24, 2.45) is 5.73 Å². The first-order valence-electron chi connectivity index (χ1n) is 10.4. The second-order valence-corrected chi connectivity index (χ2v) is 10.3. The van der Waals surface area contributed by atoms with Crippen LogP contribution in [0.3, 0.4) is 0 Å².